The van der Waals surface area contributed by atoms with Gasteiger partial charge < -0.3 is 16.0 Å². The summed E-state index contributed by atoms with van der Waals surface area (Å²) in [5, 5.41) is 11.0. The number of nitrogens with one attached hydrogen (secondary N) is 3. The van der Waals surface area contributed by atoms with Crippen LogP contribution in [0.15, 0.2) is 70.3 Å². The number of rotatable bonds is 3. The number of amides is 3. The maximum Gasteiger partial charge on any atom is 0.319 e. The first-order valence-corrected chi connectivity index (χ1v) is 10.7. The van der Waals surface area contributed by atoms with Crippen molar-refractivity contribution in [2.75, 3.05) is 5.32 Å². The molecule has 30 heavy (non-hydrogen) atoms. The van der Waals surface area contributed by atoms with E-state index in [-0.39, 0.29) is 11.9 Å². The van der Waals surface area contributed by atoms with Crippen molar-refractivity contribution in [3.63, 3.8) is 0 Å². The molecule has 0 unspecified atom stereocenters. The third-order valence-corrected chi connectivity index (χ3v) is 6.37. The summed E-state index contributed by atoms with van der Waals surface area (Å²) in [6.07, 6.45) is 2.06. The molecule has 1 heterocycles. The van der Waals surface area contributed by atoms with Gasteiger partial charge in [0.2, 0.25) is 0 Å². The lowest BCUT2D eigenvalue weighted by atomic mass is 9.89. The van der Waals surface area contributed by atoms with Gasteiger partial charge in [-0.1, -0.05) is 46.3 Å². The Morgan fingerprint density at radius 1 is 1.03 bits per heavy atom. The Hall–Kier alpha value is -3.12. The van der Waals surface area contributed by atoms with E-state index in [1.54, 1.807) is 6.92 Å². The molecular weight excluding hydrogens is 442 g/mol. The van der Waals surface area contributed by atoms with E-state index in [9.17, 15) is 9.59 Å². The molecule has 5 rings (SSSR count). The standard InChI is InChI=1S/C24H20BrN3O2/c1-13-20(23(29)27-17-10-8-16(25)9-11-17)22(28-24(30)26-13)19-12-7-15-6-5-14-3-2-4-18(19)21(14)15/h2-4,7-12,22H,5-6H2,1H3,(H,27,29)(H2,26,28,30)/t22-/m0/s1. The van der Waals surface area contributed by atoms with Crippen LogP contribution in [-0.4, -0.2) is 11.9 Å². The Balaban J connectivity index is 1.59. The predicted octanol–water partition coefficient (Wildman–Crippen LogP) is 4.97. The van der Waals surface area contributed by atoms with Crippen LogP contribution < -0.4 is 16.0 Å². The van der Waals surface area contributed by atoms with E-state index in [2.05, 4.69) is 56.1 Å². The van der Waals surface area contributed by atoms with Crippen LogP contribution in [0.1, 0.15) is 29.7 Å². The summed E-state index contributed by atoms with van der Waals surface area (Å²) in [5.74, 6) is -0.240. The zero-order valence-electron chi connectivity index (χ0n) is 16.4. The van der Waals surface area contributed by atoms with E-state index in [1.807, 2.05) is 30.3 Å². The van der Waals surface area contributed by atoms with Crippen molar-refractivity contribution in [2.45, 2.75) is 25.8 Å². The number of carbonyl (C=O) groups is 2. The van der Waals surface area contributed by atoms with Gasteiger partial charge in [0.05, 0.1) is 11.6 Å². The lowest BCUT2D eigenvalue weighted by Crippen LogP contribution is -2.46. The van der Waals surface area contributed by atoms with E-state index in [1.165, 1.54) is 16.5 Å². The lowest BCUT2D eigenvalue weighted by Gasteiger charge is -2.29. The summed E-state index contributed by atoms with van der Waals surface area (Å²) in [6, 6.07) is 17.0. The van der Waals surface area contributed by atoms with Crippen molar-refractivity contribution < 1.29 is 9.59 Å². The second kappa shape index (κ2) is 7.29. The molecule has 3 N–H and O–H groups in total. The number of halogens is 1. The molecular formula is C24H20BrN3O2. The van der Waals surface area contributed by atoms with Crippen molar-refractivity contribution >= 4 is 44.3 Å². The quantitative estimate of drug-likeness (QED) is 0.515. The summed E-state index contributed by atoms with van der Waals surface area (Å²) in [5.41, 5.74) is 5.35. The van der Waals surface area contributed by atoms with E-state index in [0.29, 0.717) is 17.0 Å². The van der Waals surface area contributed by atoms with Gasteiger partial charge in [-0.2, -0.15) is 0 Å². The fourth-order valence-corrected chi connectivity index (χ4v) is 4.75. The number of aryl methyl sites for hydroxylation is 2. The first-order valence-electron chi connectivity index (χ1n) is 9.90. The van der Waals surface area contributed by atoms with Gasteiger partial charge in [-0.3, -0.25) is 4.79 Å². The minimum absolute atomic E-state index is 0.240. The van der Waals surface area contributed by atoms with Gasteiger partial charge in [0.15, 0.2) is 0 Å². The fraction of sp³-hybridized carbons (Fsp3) is 0.167. The van der Waals surface area contributed by atoms with Crippen LogP contribution in [0.25, 0.3) is 10.8 Å². The highest BCUT2D eigenvalue weighted by molar-refractivity contribution is 9.10. The summed E-state index contributed by atoms with van der Waals surface area (Å²) in [7, 11) is 0. The molecule has 0 spiro atoms. The van der Waals surface area contributed by atoms with E-state index >= 15 is 0 Å². The molecule has 0 aromatic heterocycles. The molecule has 2 aliphatic rings. The van der Waals surface area contributed by atoms with Crippen LogP contribution in [0.5, 0.6) is 0 Å². The fourth-order valence-electron chi connectivity index (χ4n) is 4.48. The number of hydrogen-bond acceptors (Lipinski definition) is 2. The third-order valence-electron chi connectivity index (χ3n) is 5.84. The number of carbonyl (C=O) groups excluding carboxylic acids is 2. The molecule has 0 radical (unpaired) electrons. The Labute approximate surface area is 182 Å². The highest BCUT2D eigenvalue weighted by atomic mass is 79.9. The van der Waals surface area contributed by atoms with E-state index in [0.717, 1.165) is 28.3 Å². The zero-order valence-corrected chi connectivity index (χ0v) is 18.0. The molecule has 1 aliphatic carbocycles. The molecule has 1 atom stereocenters. The summed E-state index contributed by atoms with van der Waals surface area (Å²) in [4.78, 5) is 25.6. The average Bonchev–Trinajstić information content (AvgIpc) is 3.14. The Morgan fingerprint density at radius 3 is 2.53 bits per heavy atom. The highest BCUT2D eigenvalue weighted by Crippen LogP contribution is 2.38. The monoisotopic (exact) mass is 461 g/mol. The van der Waals surface area contributed by atoms with E-state index < -0.39 is 6.04 Å². The molecule has 6 heteroatoms. The summed E-state index contributed by atoms with van der Waals surface area (Å²) >= 11 is 3.40. The van der Waals surface area contributed by atoms with Crippen molar-refractivity contribution in [3.8, 4) is 0 Å². The molecule has 5 nitrogen and oxygen atoms in total. The van der Waals surface area contributed by atoms with Crippen molar-refractivity contribution in [1.82, 2.24) is 10.6 Å². The largest absolute Gasteiger partial charge is 0.327 e. The maximum absolute atomic E-state index is 13.3. The third kappa shape index (κ3) is 3.17. The Bertz CT molecular complexity index is 1220. The number of anilines is 1. The normalized spacial score (nSPS) is 17.7. The topological polar surface area (TPSA) is 70.2 Å². The van der Waals surface area contributed by atoms with Gasteiger partial charge in [-0.05, 0) is 71.5 Å². The van der Waals surface area contributed by atoms with Gasteiger partial charge in [0, 0.05) is 15.9 Å². The molecule has 3 amide bonds. The van der Waals surface area contributed by atoms with Gasteiger partial charge in [-0.25, -0.2) is 4.79 Å². The van der Waals surface area contributed by atoms with Crippen LogP contribution in [0, 0.1) is 0 Å². The van der Waals surface area contributed by atoms with Crippen molar-refractivity contribution in [3.05, 3.63) is 87.0 Å². The number of benzene rings is 3. The van der Waals surface area contributed by atoms with Crippen LogP contribution >= 0.6 is 15.9 Å². The summed E-state index contributed by atoms with van der Waals surface area (Å²) < 4.78 is 0.938. The SMILES string of the molecule is CC1=C(C(=O)Nc2ccc(Br)cc2)[C@H](c2ccc3c4c(cccc24)CC3)NC(=O)N1. The smallest absolute Gasteiger partial charge is 0.319 e. The molecule has 0 bridgehead atoms. The second-order valence-electron chi connectivity index (χ2n) is 7.68. The molecule has 0 saturated heterocycles. The highest BCUT2D eigenvalue weighted by Gasteiger charge is 2.33. The van der Waals surface area contributed by atoms with Gasteiger partial charge in [-0.15, -0.1) is 0 Å². The Morgan fingerprint density at radius 2 is 1.77 bits per heavy atom. The molecule has 150 valence electrons. The maximum atomic E-state index is 13.3. The molecule has 3 aromatic rings. The predicted molar refractivity (Wildman–Crippen MR) is 121 cm³/mol. The van der Waals surface area contributed by atoms with Crippen LogP contribution in [0.4, 0.5) is 10.5 Å². The minimum atomic E-state index is -0.529. The van der Waals surface area contributed by atoms with Crippen molar-refractivity contribution in [1.29, 1.82) is 0 Å². The lowest BCUT2D eigenvalue weighted by molar-refractivity contribution is -0.113. The Kier molecular flexibility index (Phi) is 4.59. The van der Waals surface area contributed by atoms with Crippen LogP contribution in [0.2, 0.25) is 0 Å². The number of urea groups is 1. The first-order chi connectivity index (χ1) is 14.5. The second-order valence-corrected chi connectivity index (χ2v) is 8.60. The van der Waals surface area contributed by atoms with Crippen LogP contribution in [-0.2, 0) is 17.6 Å². The van der Waals surface area contributed by atoms with Gasteiger partial charge in [0.1, 0.15) is 0 Å². The zero-order chi connectivity index (χ0) is 20.8. The van der Waals surface area contributed by atoms with Gasteiger partial charge >= 0.3 is 6.03 Å². The molecule has 3 aromatic carbocycles. The minimum Gasteiger partial charge on any atom is -0.327 e. The van der Waals surface area contributed by atoms with Crippen LogP contribution in [0.3, 0.4) is 0 Å². The number of allylic oxidation sites excluding steroid dienone is 1. The molecule has 0 saturated carbocycles. The average molecular weight is 462 g/mol. The van der Waals surface area contributed by atoms with Crippen molar-refractivity contribution in [2.24, 2.45) is 0 Å². The molecule has 0 fully saturated rings. The first kappa shape index (κ1) is 18.9. The molecule has 1 aliphatic heterocycles. The van der Waals surface area contributed by atoms with Gasteiger partial charge in [0.25, 0.3) is 5.91 Å². The summed E-state index contributed by atoms with van der Waals surface area (Å²) in [6.45, 7) is 1.77. The number of hydrogen-bond donors (Lipinski definition) is 3. The van der Waals surface area contributed by atoms with E-state index in [4.69, 9.17) is 0 Å².